The largest absolute Gasteiger partial charge is 0.394 e. The Kier molecular flexibility index (Phi) is 14.5. The molecule has 18 heteroatoms. The van der Waals surface area contributed by atoms with Crippen molar-refractivity contribution < 1.29 is 89.0 Å². The lowest BCUT2D eigenvalue weighted by Gasteiger charge is -2.63. The van der Waals surface area contributed by atoms with Gasteiger partial charge in [-0.15, -0.1) is 0 Å². The molecule has 27 atom stereocenters. The van der Waals surface area contributed by atoms with Gasteiger partial charge in [-0.3, -0.25) is 0 Å². The van der Waals surface area contributed by atoms with Crippen LogP contribution in [0.5, 0.6) is 0 Å². The van der Waals surface area contributed by atoms with Crippen LogP contribution in [0.1, 0.15) is 92.4 Å². The van der Waals surface area contributed by atoms with Gasteiger partial charge in [-0.1, -0.05) is 32.9 Å². The fourth-order valence-electron chi connectivity index (χ4n) is 14.3. The minimum atomic E-state index is -1.65. The second kappa shape index (κ2) is 18.7. The summed E-state index contributed by atoms with van der Waals surface area (Å²) >= 11 is 0. The molecule has 0 spiro atoms. The highest BCUT2D eigenvalue weighted by molar-refractivity contribution is 5.17. The summed E-state index contributed by atoms with van der Waals surface area (Å²) in [6.07, 6.45) is -14.5. The Morgan fingerprint density at radius 1 is 0.703 bits per heavy atom. The van der Waals surface area contributed by atoms with Crippen molar-refractivity contribution in [1.29, 1.82) is 0 Å². The molecule has 0 radical (unpaired) electrons. The topological polar surface area (TPSA) is 276 Å². The first-order valence-electron chi connectivity index (χ1n) is 23.7. The van der Waals surface area contributed by atoms with Crippen molar-refractivity contribution in [2.24, 2.45) is 46.3 Å². The highest BCUT2D eigenvalue weighted by Crippen LogP contribution is 2.71. The van der Waals surface area contributed by atoms with Crippen molar-refractivity contribution in [3.63, 3.8) is 0 Å². The molecule has 0 aromatic rings. The number of aliphatic hydroxyl groups is 10. The molecule has 4 saturated carbocycles. The summed E-state index contributed by atoms with van der Waals surface area (Å²) in [5.74, 6) is 0.514. The average molecular weight is 917 g/mol. The number of ether oxygens (including phenoxy) is 8. The monoisotopic (exact) mass is 917 g/mol. The Balaban J connectivity index is 0.952. The lowest BCUT2D eigenvalue weighted by Crippen LogP contribution is -2.65. The van der Waals surface area contributed by atoms with E-state index >= 15 is 0 Å². The Hall–Kier alpha value is -0.980. The van der Waals surface area contributed by atoms with Crippen molar-refractivity contribution in [2.75, 3.05) is 20.3 Å². The van der Waals surface area contributed by atoms with Crippen molar-refractivity contribution >= 4 is 0 Å². The number of rotatable bonds is 12. The molecule has 0 aromatic carbocycles. The third kappa shape index (κ3) is 8.27. The SMILES string of the molecule is C=C(CCC1(OC)OC2CC3C4CCC5CC(O)CC(OC6OC(C)C(O)C(O)C6OC6OC(C)C(O)C(O)C6O)C5(C)C4CCC3(C)C2C1C)COC1OC(CO)C(O)C(O)C1O. The quantitative estimate of drug-likeness (QED) is 0.114. The van der Waals surface area contributed by atoms with Gasteiger partial charge in [0, 0.05) is 25.9 Å². The van der Waals surface area contributed by atoms with Crippen LogP contribution in [0.15, 0.2) is 12.2 Å². The van der Waals surface area contributed by atoms with E-state index in [1.807, 2.05) is 0 Å². The molecule has 8 fully saturated rings. The fourth-order valence-corrected chi connectivity index (χ4v) is 14.3. The van der Waals surface area contributed by atoms with Crippen LogP contribution in [0.25, 0.3) is 0 Å². The lowest BCUT2D eigenvalue weighted by molar-refractivity contribution is -0.375. The first-order valence-corrected chi connectivity index (χ1v) is 23.7. The zero-order valence-corrected chi connectivity index (χ0v) is 38.1. The van der Waals surface area contributed by atoms with E-state index < -0.39 is 122 Å². The smallest absolute Gasteiger partial charge is 0.187 e. The second-order valence-corrected chi connectivity index (χ2v) is 21.3. The van der Waals surface area contributed by atoms with Crippen molar-refractivity contribution in [3.05, 3.63) is 12.2 Å². The van der Waals surface area contributed by atoms with Gasteiger partial charge in [0.1, 0.15) is 61.0 Å². The van der Waals surface area contributed by atoms with Crippen LogP contribution in [-0.4, -0.2) is 188 Å². The van der Waals surface area contributed by atoms with Crippen LogP contribution < -0.4 is 0 Å². The molecule has 10 N–H and O–H groups in total. The van der Waals surface area contributed by atoms with Crippen molar-refractivity contribution in [1.82, 2.24) is 0 Å². The number of aliphatic hydroxyl groups excluding tert-OH is 10. The Morgan fingerprint density at radius 3 is 2.05 bits per heavy atom. The summed E-state index contributed by atoms with van der Waals surface area (Å²) in [6.45, 7) is 13.8. The van der Waals surface area contributed by atoms with Crippen LogP contribution >= 0.6 is 0 Å². The predicted octanol–water partition coefficient (Wildman–Crippen LogP) is -0.179. The molecule has 368 valence electrons. The van der Waals surface area contributed by atoms with E-state index in [0.717, 1.165) is 32.1 Å². The summed E-state index contributed by atoms with van der Waals surface area (Å²) in [7, 11) is 1.69. The lowest BCUT2D eigenvalue weighted by atomic mass is 9.43. The first kappa shape index (κ1) is 49.4. The third-order valence-corrected chi connectivity index (χ3v) is 18.0. The molecule has 0 aromatic heterocycles. The Morgan fingerprint density at radius 2 is 1.36 bits per heavy atom. The van der Waals surface area contributed by atoms with Crippen LogP contribution in [-0.2, 0) is 37.9 Å². The van der Waals surface area contributed by atoms with Gasteiger partial charge in [0.25, 0.3) is 0 Å². The molecule has 4 heterocycles. The molecule has 4 aliphatic heterocycles. The summed E-state index contributed by atoms with van der Waals surface area (Å²) in [5.41, 5.74) is 0.269. The third-order valence-electron chi connectivity index (χ3n) is 18.0. The van der Waals surface area contributed by atoms with Gasteiger partial charge in [-0.2, -0.15) is 0 Å². The molecule has 0 bridgehead atoms. The summed E-state index contributed by atoms with van der Waals surface area (Å²) < 4.78 is 49.6. The summed E-state index contributed by atoms with van der Waals surface area (Å²) in [6, 6.07) is 0. The average Bonchev–Trinajstić information content (AvgIpc) is 3.72. The maximum atomic E-state index is 11.4. The Bertz CT molecular complexity index is 1620. The molecular weight excluding hydrogens is 840 g/mol. The molecule has 4 saturated heterocycles. The molecule has 64 heavy (non-hydrogen) atoms. The van der Waals surface area contributed by atoms with Crippen LogP contribution in [0.3, 0.4) is 0 Å². The summed E-state index contributed by atoms with van der Waals surface area (Å²) in [5, 5.41) is 106. The molecule has 8 rings (SSSR count). The van der Waals surface area contributed by atoms with Crippen LogP contribution in [0, 0.1) is 46.3 Å². The minimum absolute atomic E-state index is 0.0165. The predicted molar refractivity (Wildman–Crippen MR) is 222 cm³/mol. The van der Waals surface area contributed by atoms with E-state index in [-0.39, 0.29) is 41.8 Å². The molecular formula is C46H76O18. The van der Waals surface area contributed by atoms with Gasteiger partial charge in [0.15, 0.2) is 24.7 Å². The minimum Gasteiger partial charge on any atom is -0.394 e. The normalized spacial score (nSPS) is 56.2. The maximum absolute atomic E-state index is 11.4. The summed E-state index contributed by atoms with van der Waals surface area (Å²) in [4.78, 5) is 0. The molecule has 4 aliphatic carbocycles. The highest BCUT2D eigenvalue weighted by atomic mass is 16.8. The number of hydrogen-bond donors (Lipinski definition) is 10. The molecule has 0 amide bonds. The van der Waals surface area contributed by atoms with E-state index in [2.05, 4.69) is 27.4 Å². The van der Waals surface area contributed by atoms with Crippen LogP contribution in [0.4, 0.5) is 0 Å². The van der Waals surface area contributed by atoms with E-state index in [0.29, 0.717) is 43.1 Å². The van der Waals surface area contributed by atoms with E-state index in [9.17, 15) is 51.1 Å². The van der Waals surface area contributed by atoms with Crippen molar-refractivity contribution in [2.45, 2.75) is 209 Å². The van der Waals surface area contributed by atoms with Gasteiger partial charge in [-0.25, -0.2) is 0 Å². The fraction of sp³-hybridized carbons (Fsp3) is 0.957. The van der Waals surface area contributed by atoms with Gasteiger partial charge < -0.3 is 89.0 Å². The Labute approximate surface area is 375 Å². The first-order chi connectivity index (χ1) is 30.2. The van der Waals surface area contributed by atoms with Gasteiger partial charge in [0.05, 0.1) is 43.7 Å². The number of methoxy groups -OCH3 is 1. The molecule has 27 unspecified atom stereocenters. The zero-order chi connectivity index (χ0) is 46.4. The second-order valence-electron chi connectivity index (χ2n) is 21.3. The highest BCUT2D eigenvalue weighted by Gasteiger charge is 2.70. The van der Waals surface area contributed by atoms with Gasteiger partial charge >= 0.3 is 0 Å². The zero-order valence-electron chi connectivity index (χ0n) is 38.1. The standard InChI is InChI=1S/C46H76O18/c1-19(18-58-41-38(55)36(53)34(51)29(17-47)61-41)10-13-46(57-7)20(2)31-28(64-46)16-27-25-9-8-23-14-24(48)15-30(45(23,6)26(25)11-12-44(27,31)5)62-43-40(37(54)33(50)22(4)60-43)63-42-39(56)35(52)32(49)21(3)59-42/h20-43,47-56H,1,8-18H2,2-7H3. The van der Waals surface area contributed by atoms with E-state index in [1.54, 1.807) is 14.0 Å². The van der Waals surface area contributed by atoms with Gasteiger partial charge in [0.2, 0.25) is 0 Å². The molecule has 8 aliphatic rings. The van der Waals surface area contributed by atoms with E-state index in [1.165, 1.54) is 6.92 Å². The number of fused-ring (bicyclic) bond motifs is 7. The van der Waals surface area contributed by atoms with E-state index in [4.69, 9.17) is 37.9 Å². The van der Waals surface area contributed by atoms with Gasteiger partial charge in [-0.05, 0) is 99.2 Å². The maximum Gasteiger partial charge on any atom is 0.187 e. The van der Waals surface area contributed by atoms with Crippen molar-refractivity contribution in [3.8, 4) is 0 Å². The van der Waals surface area contributed by atoms with Crippen LogP contribution in [0.2, 0.25) is 0 Å². The molecule has 18 nitrogen and oxygen atoms in total. The number of hydrogen-bond acceptors (Lipinski definition) is 18.